The largest absolute Gasteiger partial charge is 0.395 e. The number of carbonyl (C=O) groups is 1. The number of benzene rings is 1. The van der Waals surface area contributed by atoms with Gasteiger partial charge in [0.15, 0.2) is 4.75 Å². The van der Waals surface area contributed by atoms with Crippen LogP contribution in [0.5, 0.6) is 0 Å². The molecule has 1 aromatic rings. The summed E-state index contributed by atoms with van der Waals surface area (Å²) in [5.41, 5.74) is 1.34. The van der Waals surface area contributed by atoms with Gasteiger partial charge in [-0.1, -0.05) is 30.0 Å². The molecule has 0 aromatic heterocycles. The van der Waals surface area contributed by atoms with Gasteiger partial charge in [0.1, 0.15) is 0 Å². The monoisotopic (exact) mass is 307 g/mol. The minimum Gasteiger partial charge on any atom is -0.395 e. The van der Waals surface area contributed by atoms with E-state index < -0.39 is 20.7 Å². The van der Waals surface area contributed by atoms with Crippen molar-refractivity contribution in [2.75, 3.05) is 6.61 Å². The van der Waals surface area contributed by atoms with E-state index in [9.17, 15) is 13.2 Å². The van der Waals surface area contributed by atoms with Gasteiger partial charge in [-0.2, -0.15) is 0 Å². The topological polar surface area (TPSA) is 74.7 Å². The van der Waals surface area contributed by atoms with E-state index in [4.69, 9.17) is 5.11 Å². The molecule has 1 saturated heterocycles. The van der Waals surface area contributed by atoms with Crippen molar-refractivity contribution in [2.24, 2.45) is 0 Å². The summed E-state index contributed by atoms with van der Waals surface area (Å²) in [6.07, 6.45) is 0.350. The second-order valence-corrected chi connectivity index (χ2v) is 7.67. The van der Waals surface area contributed by atoms with Gasteiger partial charge in [-0.15, -0.1) is 0 Å². The zero-order chi connectivity index (χ0) is 15.7. The fourth-order valence-electron chi connectivity index (χ4n) is 2.06. The Kier molecular flexibility index (Phi) is 4.08. The Labute approximate surface area is 124 Å². The summed E-state index contributed by atoms with van der Waals surface area (Å²) in [6, 6.07) is 7.08. The highest BCUT2D eigenvalue weighted by molar-refractivity contribution is 7.94. The van der Waals surface area contributed by atoms with Crippen molar-refractivity contribution < 1.29 is 18.3 Å². The number of hydrogen-bond acceptors (Lipinski definition) is 4. The molecule has 2 rings (SSSR count). The maximum Gasteiger partial charge on any atom is 0.259 e. The quantitative estimate of drug-likeness (QED) is 0.841. The molecule has 1 fully saturated rings. The van der Waals surface area contributed by atoms with Gasteiger partial charge in [0.2, 0.25) is 0 Å². The molecule has 1 N–H and O–H groups in total. The first kappa shape index (κ1) is 15.5. The van der Waals surface area contributed by atoms with Gasteiger partial charge in [0.05, 0.1) is 13.2 Å². The molecule has 0 atom stereocenters. The molecule has 6 heteroatoms. The van der Waals surface area contributed by atoms with Gasteiger partial charge in [-0.3, -0.25) is 4.79 Å². The van der Waals surface area contributed by atoms with Gasteiger partial charge >= 0.3 is 0 Å². The molecule has 1 aliphatic heterocycles. The van der Waals surface area contributed by atoms with Gasteiger partial charge < -0.3 is 5.11 Å². The van der Waals surface area contributed by atoms with Crippen LogP contribution in [0.3, 0.4) is 0 Å². The number of aliphatic hydroxyl groups is 1. The zero-order valence-corrected chi connectivity index (χ0v) is 12.8. The molecule has 21 heavy (non-hydrogen) atoms. The van der Waals surface area contributed by atoms with Crippen molar-refractivity contribution in [3.63, 3.8) is 0 Å². The molecule has 0 spiro atoms. The summed E-state index contributed by atoms with van der Waals surface area (Å²) >= 11 is 0. The molecule has 1 amide bonds. The van der Waals surface area contributed by atoms with Crippen LogP contribution in [-0.2, 0) is 21.4 Å². The molecular formula is C15H17NO4S. The highest BCUT2D eigenvalue weighted by atomic mass is 32.2. The SMILES string of the molecule is CC1(C)C(=O)N(Cc2ccccc2C#CCCO)S1(=O)=O. The summed E-state index contributed by atoms with van der Waals surface area (Å²) in [6.45, 7) is 2.79. The number of carbonyl (C=O) groups excluding carboxylic acids is 1. The summed E-state index contributed by atoms with van der Waals surface area (Å²) in [7, 11) is -3.59. The Morgan fingerprint density at radius 1 is 1.29 bits per heavy atom. The normalized spacial score (nSPS) is 18.6. The van der Waals surface area contributed by atoms with Gasteiger partial charge in [0, 0.05) is 12.0 Å². The average molecular weight is 307 g/mol. The van der Waals surface area contributed by atoms with Crippen LogP contribution in [0.15, 0.2) is 24.3 Å². The smallest absolute Gasteiger partial charge is 0.259 e. The third kappa shape index (κ3) is 2.55. The lowest BCUT2D eigenvalue weighted by molar-refractivity contribution is -0.132. The first-order valence-corrected chi connectivity index (χ1v) is 8.00. The van der Waals surface area contributed by atoms with Crippen LogP contribution in [0.25, 0.3) is 0 Å². The Morgan fingerprint density at radius 2 is 1.95 bits per heavy atom. The fourth-order valence-corrected chi connectivity index (χ4v) is 3.57. The number of nitrogens with zero attached hydrogens (tertiary/aromatic N) is 1. The molecule has 0 aliphatic carbocycles. The predicted octanol–water partition coefficient (Wildman–Crippen LogP) is 0.871. The van der Waals surface area contributed by atoms with Gasteiger partial charge in [-0.05, 0) is 25.5 Å². The Morgan fingerprint density at radius 3 is 2.57 bits per heavy atom. The number of amides is 1. The lowest BCUT2D eigenvalue weighted by Crippen LogP contribution is -2.66. The molecular weight excluding hydrogens is 290 g/mol. The fraction of sp³-hybridized carbons (Fsp3) is 0.400. The lowest BCUT2D eigenvalue weighted by Gasteiger charge is -2.43. The number of hydrogen-bond donors (Lipinski definition) is 1. The van der Waals surface area contributed by atoms with E-state index in [1.165, 1.54) is 13.8 Å². The van der Waals surface area contributed by atoms with Crippen LogP contribution >= 0.6 is 0 Å². The standard InChI is InChI=1S/C15H17NO4S/c1-15(2)14(18)16(21(15,19)20)11-13-9-4-3-7-12(13)8-5-6-10-17/h3-4,7,9,17H,6,10-11H2,1-2H3. The van der Waals surface area contributed by atoms with E-state index in [0.717, 1.165) is 4.31 Å². The Balaban J connectivity index is 2.27. The molecule has 0 saturated carbocycles. The molecule has 1 heterocycles. The van der Waals surface area contributed by atoms with E-state index in [0.29, 0.717) is 17.5 Å². The second kappa shape index (κ2) is 5.51. The molecule has 0 unspecified atom stereocenters. The van der Waals surface area contributed by atoms with Crippen LogP contribution < -0.4 is 0 Å². The van der Waals surface area contributed by atoms with E-state index in [2.05, 4.69) is 11.8 Å². The summed E-state index contributed by atoms with van der Waals surface area (Å²) < 4.78 is 23.7. The zero-order valence-electron chi connectivity index (χ0n) is 12.0. The lowest BCUT2D eigenvalue weighted by atomic mass is 10.1. The maximum absolute atomic E-state index is 12.1. The first-order chi connectivity index (χ1) is 9.82. The first-order valence-electron chi connectivity index (χ1n) is 6.56. The third-order valence-corrected chi connectivity index (χ3v) is 5.81. The van der Waals surface area contributed by atoms with Gasteiger partial charge in [0.25, 0.3) is 15.9 Å². The van der Waals surface area contributed by atoms with E-state index in [-0.39, 0.29) is 13.2 Å². The van der Waals surface area contributed by atoms with Crippen molar-refractivity contribution >= 4 is 15.9 Å². The van der Waals surface area contributed by atoms with Crippen molar-refractivity contribution in [1.29, 1.82) is 0 Å². The summed E-state index contributed by atoms with van der Waals surface area (Å²) in [5.74, 6) is 5.28. The van der Waals surface area contributed by atoms with Crippen molar-refractivity contribution in [3.8, 4) is 11.8 Å². The maximum atomic E-state index is 12.1. The third-order valence-electron chi connectivity index (χ3n) is 3.47. The number of sulfonamides is 1. The van der Waals surface area contributed by atoms with Crippen LogP contribution in [0.1, 0.15) is 31.4 Å². The van der Waals surface area contributed by atoms with E-state index in [1.807, 2.05) is 0 Å². The van der Waals surface area contributed by atoms with E-state index in [1.54, 1.807) is 24.3 Å². The van der Waals surface area contributed by atoms with Crippen LogP contribution in [0, 0.1) is 11.8 Å². The van der Waals surface area contributed by atoms with Gasteiger partial charge in [-0.25, -0.2) is 12.7 Å². The molecule has 1 aromatic carbocycles. The highest BCUT2D eigenvalue weighted by Gasteiger charge is 2.59. The van der Waals surface area contributed by atoms with Crippen LogP contribution in [-0.4, -0.2) is 35.1 Å². The van der Waals surface area contributed by atoms with Crippen LogP contribution in [0.4, 0.5) is 0 Å². The van der Waals surface area contributed by atoms with Crippen molar-refractivity contribution in [2.45, 2.75) is 31.6 Å². The second-order valence-electron chi connectivity index (χ2n) is 5.26. The Bertz CT molecular complexity index is 726. The minimum absolute atomic E-state index is 0.00538. The number of rotatable bonds is 3. The predicted molar refractivity (Wildman–Crippen MR) is 78.6 cm³/mol. The number of aliphatic hydroxyl groups excluding tert-OH is 1. The molecule has 5 nitrogen and oxygen atoms in total. The molecule has 0 bridgehead atoms. The average Bonchev–Trinajstić information content (AvgIpc) is 2.45. The van der Waals surface area contributed by atoms with Crippen molar-refractivity contribution in [1.82, 2.24) is 4.31 Å². The molecule has 0 radical (unpaired) electrons. The summed E-state index contributed by atoms with van der Waals surface area (Å²) in [5, 5.41) is 8.73. The van der Waals surface area contributed by atoms with E-state index >= 15 is 0 Å². The van der Waals surface area contributed by atoms with Crippen molar-refractivity contribution in [3.05, 3.63) is 35.4 Å². The molecule has 1 aliphatic rings. The minimum atomic E-state index is -3.59. The Hall–Kier alpha value is -1.84. The summed E-state index contributed by atoms with van der Waals surface area (Å²) in [4.78, 5) is 12.0. The molecule has 112 valence electrons. The van der Waals surface area contributed by atoms with Crippen LogP contribution in [0.2, 0.25) is 0 Å². The highest BCUT2D eigenvalue weighted by Crippen LogP contribution is 2.36.